The quantitative estimate of drug-likeness (QED) is 0.319. The van der Waals surface area contributed by atoms with Crippen LogP contribution in [0.1, 0.15) is 39.0 Å². The molecular weight excluding hydrogens is 376 g/mol. The van der Waals surface area contributed by atoms with Crippen molar-refractivity contribution >= 4 is 29.2 Å². The van der Waals surface area contributed by atoms with Gasteiger partial charge in [-0.25, -0.2) is 9.59 Å². The third-order valence-corrected chi connectivity index (χ3v) is 4.05. The van der Waals surface area contributed by atoms with Crippen molar-refractivity contribution in [3.05, 3.63) is 56.9 Å². The van der Waals surface area contributed by atoms with Crippen LogP contribution < -0.4 is 0 Å². The minimum atomic E-state index is -0.729. The molecule has 1 aromatic heterocycles. The van der Waals surface area contributed by atoms with E-state index in [4.69, 9.17) is 21.1 Å². The number of nitro groups is 1. The van der Waals surface area contributed by atoms with Gasteiger partial charge in [-0.1, -0.05) is 12.1 Å². The average molecular weight is 393 g/mol. The Labute approximate surface area is 160 Å². The Morgan fingerprint density at radius 3 is 2.52 bits per heavy atom. The second-order valence-electron chi connectivity index (χ2n) is 5.42. The van der Waals surface area contributed by atoms with E-state index in [2.05, 4.69) is 4.98 Å². The minimum absolute atomic E-state index is 0.0154. The van der Waals surface area contributed by atoms with Gasteiger partial charge < -0.3 is 9.47 Å². The first-order chi connectivity index (χ1) is 12.8. The summed E-state index contributed by atoms with van der Waals surface area (Å²) >= 11 is 5.96. The van der Waals surface area contributed by atoms with Crippen molar-refractivity contribution < 1.29 is 24.0 Å². The number of ether oxygens (including phenoxy) is 2. The van der Waals surface area contributed by atoms with Crippen LogP contribution in [0, 0.1) is 17.0 Å². The van der Waals surface area contributed by atoms with Crippen LogP contribution in [0.5, 0.6) is 0 Å². The highest BCUT2D eigenvalue weighted by molar-refractivity contribution is 6.18. The van der Waals surface area contributed by atoms with Gasteiger partial charge in [-0.05, 0) is 19.4 Å². The zero-order valence-electron chi connectivity index (χ0n) is 14.9. The minimum Gasteiger partial charge on any atom is -0.465 e. The van der Waals surface area contributed by atoms with Crippen LogP contribution in [0.4, 0.5) is 5.69 Å². The fourth-order valence-corrected chi connectivity index (χ4v) is 2.89. The molecule has 0 saturated heterocycles. The van der Waals surface area contributed by atoms with Crippen LogP contribution in [0.3, 0.4) is 0 Å². The molecule has 2 rings (SSSR count). The first-order valence-corrected chi connectivity index (χ1v) is 8.48. The van der Waals surface area contributed by atoms with Gasteiger partial charge in [0.05, 0.1) is 47.0 Å². The predicted octanol–water partition coefficient (Wildman–Crippen LogP) is 3.67. The molecule has 0 spiro atoms. The van der Waals surface area contributed by atoms with Gasteiger partial charge in [0.25, 0.3) is 5.69 Å². The number of halogens is 1. The SMILES string of the molecule is CCOC(=O)c1c(CCl)nc(C)c(C(=O)OC)c1-c1cccc([N+](=O)[O-])c1. The summed E-state index contributed by atoms with van der Waals surface area (Å²) in [6, 6.07) is 5.58. The molecular formula is C18H17ClN2O6. The number of alkyl halides is 1. The molecule has 0 unspecified atom stereocenters. The lowest BCUT2D eigenvalue weighted by Crippen LogP contribution is -2.17. The van der Waals surface area contributed by atoms with Gasteiger partial charge in [0.15, 0.2) is 0 Å². The highest BCUT2D eigenvalue weighted by atomic mass is 35.5. The van der Waals surface area contributed by atoms with Crippen molar-refractivity contribution in [1.82, 2.24) is 4.98 Å². The maximum absolute atomic E-state index is 12.6. The Morgan fingerprint density at radius 1 is 1.26 bits per heavy atom. The number of carbonyl (C=O) groups is 2. The lowest BCUT2D eigenvalue weighted by molar-refractivity contribution is -0.384. The Bertz CT molecular complexity index is 913. The Kier molecular flexibility index (Phi) is 6.46. The molecule has 0 bridgehead atoms. The first-order valence-electron chi connectivity index (χ1n) is 7.95. The third-order valence-electron chi connectivity index (χ3n) is 3.79. The van der Waals surface area contributed by atoms with Crippen LogP contribution in [-0.4, -0.2) is 35.6 Å². The molecule has 0 amide bonds. The van der Waals surface area contributed by atoms with Crippen LogP contribution in [0.2, 0.25) is 0 Å². The number of nitrogens with zero attached hydrogens (tertiary/aromatic N) is 2. The number of non-ortho nitro benzene ring substituents is 1. The summed E-state index contributed by atoms with van der Waals surface area (Å²) in [5.74, 6) is -1.57. The highest BCUT2D eigenvalue weighted by Gasteiger charge is 2.29. The van der Waals surface area contributed by atoms with E-state index in [0.717, 1.165) is 0 Å². The van der Waals surface area contributed by atoms with E-state index < -0.39 is 16.9 Å². The number of aromatic nitrogens is 1. The second kappa shape index (κ2) is 8.59. The molecule has 1 aromatic carbocycles. The monoisotopic (exact) mass is 392 g/mol. The van der Waals surface area contributed by atoms with Gasteiger partial charge in [0, 0.05) is 17.7 Å². The molecule has 0 radical (unpaired) electrons. The van der Waals surface area contributed by atoms with Gasteiger partial charge in [-0.15, -0.1) is 11.6 Å². The standard InChI is InChI=1S/C18H17ClN2O6/c1-4-27-18(23)16-13(9-19)20-10(2)14(17(22)26-3)15(16)11-6-5-7-12(8-11)21(24)25/h5-8H,4,9H2,1-3H3. The van der Waals surface area contributed by atoms with Gasteiger partial charge in [0.1, 0.15) is 0 Å². The zero-order chi connectivity index (χ0) is 20.1. The van der Waals surface area contributed by atoms with Crippen LogP contribution >= 0.6 is 11.6 Å². The summed E-state index contributed by atoms with van der Waals surface area (Å²) in [4.78, 5) is 39.8. The van der Waals surface area contributed by atoms with Crippen molar-refractivity contribution in [3.63, 3.8) is 0 Å². The normalized spacial score (nSPS) is 10.4. The number of hydrogen-bond donors (Lipinski definition) is 0. The van der Waals surface area contributed by atoms with Crippen LogP contribution in [0.15, 0.2) is 24.3 Å². The smallest absolute Gasteiger partial charge is 0.340 e. The Hall–Kier alpha value is -3.00. The van der Waals surface area contributed by atoms with Crippen LogP contribution in [0.25, 0.3) is 11.1 Å². The Balaban J connectivity index is 2.95. The molecule has 0 aliphatic carbocycles. The molecule has 0 N–H and O–H groups in total. The molecule has 0 aliphatic rings. The largest absolute Gasteiger partial charge is 0.465 e. The highest BCUT2D eigenvalue weighted by Crippen LogP contribution is 2.34. The number of carbonyl (C=O) groups excluding carboxylic acids is 2. The lowest BCUT2D eigenvalue weighted by atomic mass is 9.92. The zero-order valence-corrected chi connectivity index (χ0v) is 15.7. The van der Waals surface area contributed by atoms with Crippen molar-refractivity contribution in [3.8, 4) is 11.1 Å². The molecule has 8 nitrogen and oxygen atoms in total. The summed E-state index contributed by atoms with van der Waals surface area (Å²) in [5.41, 5.74) is 0.735. The Morgan fingerprint density at radius 2 is 1.96 bits per heavy atom. The van der Waals surface area contributed by atoms with Gasteiger partial charge in [-0.2, -0.15) is 0 Å². The van der Waals surface area contributed by atoms with E-state index >= 15 is 0 Å². The fourth-order valence-electron chi connectivity index (χ4n) is 2.70. The van der Waals surface area contributed by atoms with Crippen molar-refractivity contribution in [2.45, 2.75) is 19.7 Å². The molecule has 2 aromatic rings. The number of methoxy groups -OCH3 is 1. The number of benzene rings is 1. The van der Waals surface area contributed by atoms with Crippen molar-refractivity contribution in [2.24, 2.45) is 0 Å². The summed E-state index contributed by atoms with van der Waals surface area (Å²) in [6.45, 7) is 3.29. The van der Waals surface area contributed by atoms with Gasteiger partial charge >= 0.3 is 11.9 Å². The topological polar surface area (TPSA) is 109 Å². The number of hydrogen-bond acceptors (Lipinski definition) is 7. The van der Waals surface area contributed by atoms with E-state index in [0.29, 0.717) is 0 Å². The van der Waals surface area contributed by atoms with Crippen molar-refractivity contribution in [2.75, 3.05) is 13.7 Å². The number of pyridine rings is 1. The maximum Gasteiger partial charge on any atom is 0.340 e. The molecule has 0 aliphatic heterocycles. The van der Waals surface area contributed by atoms with E-state index in [1.54, 1.807) is 19.9 Å². The maximum atomic E-state index is 12.6. The van der Waals surface area contributed by atoms with E-state index in [-0.39, 0.29) is 51.8 Å². The summed E-state index contributed by atoms with van der Waals surface area (Å²) in [6.07, 6.45) is 0. The molecule has 0 atom stereocenters. The van der Waals surface area contributed by atoms with Crippen molar-refractivity contribution in [1.29, 1.82) is 0 Å². The van der Waals surface area contributed by atoms with Gasteiger partial charge in [0.2, 0.25) is 0 Å². The van der Waals surface area contributed by atoms with E-state index in [1.165, 1.54) is 25.3 Å². The molecule has 0 fully saturated rings. The number of rotatable bonds is 6. The molecule has 142 valence electrons. The number of esters is 2. The third kappa shape index (κ3) is 4.06. The van der Waals surface area contributed by atoms with Gasteiger partial charge in [-0.3, -0.25) is 15.1 Å². The fraction of sp³-hybridized carbons (Fsp3) is 0.278. The average Bonchev–Trinajstić information content (AvgIpc) is 2.66. The van der Waals surface area contributed by atoms with E-state index in [9.17, 15) is 19.7 Å². The molecule has 0 saturated carbocycles. The summed E-state index contributed by atoms with van der Waals surface area (Å²) in [5, 5.41) is 11.2. The summed E-state index contributed by atoms with van der Waals surface area (Å²) in [7, 11) is 1.19. The second-order valence-corrected chi connectivity index (χ2v) is 5.69. The molecule has 9 heteroatoms. The van der Waals surface area contributed by atoms with Crippen LogP contribution in [-0.2, 0) is 15.4 Å². The number of nitro benzene ring substituents is 1. The number of aryl methyl sites for hydroxylation is 1. The lowest BCUT2D eigenvalue weighted by Gasteiger charge is -2.17. The molecule has 27 heavy (non-hydrogen) atoms. The summed E-state index contributed by atoms with van der Waals surface area (Å²) < 4.78 is 9.92. The van der Waals surface area contributed by atoms with E-state index in [1.807, 2.05) is 0 Å². The first kappa shape index (κ1) is 20.3. The molecule has 1 heterocycles. The predicted molar refractivity (Wildman–Crippen MR) is 97.9 cm³/mol.